The molecule has 3 rings (SSSR count). The molecule has 4 nitrogen and oxygen atoms in total. The molecule has 0 aliphatic carbocycles. The van der Waals surface area contributed by atoms with Crippen LogP contribution in [0, 0.1) is 0 Å². The lowest BCUT2D eigenvalue weighted by Gasteiger charge is -1.95. The summed E-state index contributed by atoms with van der Waals surface area (Å²) >= 11 is 1.58. The van der Waals surface area contributed by atoms with Gasteiger partial charge in [0.05, 0.1) is 16.4 Å². The molecule has 0 aliphatic heterocycles. The number of para-hydroxylation sites is 1. The molecule has 3 aromatic rings. The number of hydrogen-bond donors (Lipinski definition) is 1. The Balaban J connectivity index is 2.24. The molecule has 0 saturated heterocycles. The average Bonchev–Trinajstić information content (AvgIpc) is 2.82. The normalized spacial score (nSPS) is 10.9. The van der Waals surface area contributed by atoms with Gasteiger partial charge in [-0.2, -0.15) is 9.78 Å². The van der Waals surface area contributed by atoms with Crippen molar-refractivity contribution in [3.63, 3.8) is 0 Å². The molecule has 15 heavy (non-hydrogen) atoms. The van der Waals surface area contributed by atoms with E-state index in [1.165, 1.54) is 0 Å². The first-order valence-corrected chi connectivity index (χ1v) is 5.32. The molecule has 74 valence electrons. The van der Waals surface area contributed by atoms with Crippen molar-refractivity contribution in [3.8, 4) is 5.13 Å². The molecule has 0 fully saturated rings. The number of nitrogens with two attached hydrogens (primary N) is 1. The van der Waals surface area contributed by atoms with Crippen LogP contribution in [-0.4, -0.2) is 14.8 Å². The number of aromatic nitrogens is 3. The second-order valence-corrected chi connectivity index (χ2v) is 4.14. The number of nitrogen functional groups attached to an aromatic ring is 1. The van der Waals surface area contributed by atoms with Crippen molar-refractivity contribution in [2.24, 2.45) is 0 Å². The Morgan fingerprint density at radius 2 is 2.07 bits per heavy atom. The number of fused-ring (bicyclic) bond motifs is 1. The smallest absolute Gasteiger partial charge is 0.213 e. The van der Waals surface area contributed by atoms with E-state index in [1.807, 2.05) is 24.3 Å². The fourth-order valence-corrected chi connectivity index (χ4v) is 2.37. The van der Waals surface area contributed by atoms with Crippen molar-refractivity contribution in [1.29, 1.82) is 0 Å². The third kappa shape index (κ3) is 1.28. The first kappa shape index (κ1) is 8.43. The van der Waals surface area contributed by atoms with Crippen molar-refractivity contribution in [2.75, 3.05) is 5.73 Å². The van der Waals surface area contributed by atoms with Gasteiger partial charge in [0.2, 0.25) is 5.13 Å². The maximum atomic E-state index is 5.76. The second-order valence-electron chi connectivity index (χ2n) is 3.13. The van der Waals surface area contributed by atoms with Gasteiger partial charge in [0.1, 0.15) is 5.82 Å². The number of nitrogens with zero attached hydrogens (tertiary/aromatic N) is 3. The van der Waals surface area contributed by atoms with Crippen LogP contribution in [0.2, 0.25) is 0 Å². The monoisotopic (exact) mass is 216 g/mol. The number of anilines is 1. The molecule has 2 aromatic heterocycles. The average molecular weight is 216 g/mol. The summed E-state index contributed by atoms with van der Waals surface area (Å²) in [6, 6.07) is 9.74. The number of benzene rings is 1. The summed E-state index contributed by atoms with van der Waals surface area (Å²) in [5, 5.41) is 4.93. The quantitative estimate of drug-likeness (QED) is 0.677. The van der Waals surface area contributed by atoms with Crippen molar-refractivity contribution >= 4 is 27.4 Å². The fourth-order valence-electron chi connectivity index (χ4n) is 1.42. The predicted molar refractivity (Wildman–Crippen MR) is 61.2 cm³/mol. The van der Waals surface area contributed by atoms with Crippen molar-refractivity contribution in [1.82, 2.24) is 14.8 Å². The summed E-state index contributed by atoms with van der Waals surface area (Å²) in [4.78, 5) is 4.46. The molecule has 0 bridgehead atoms. The lowest BCUT2D eigenvalue weighted by atomic mass is 10.3. The largest absolute Gasteiger partial charge is 0.384 e. The minimum absolute atomic E-state index is 0.606. The van der Waals surface area contributed by atoms with Gasteiger partial charge in [-0.25, -0.2) is 4.98 Å². The molecule has 0 aliphatic rings. The van der Waals surface area contributed by atoms with Crippen molar-refractivity contribution < 1.29 is 0 Å². The number of rotatable bonds is 1. The Labute approximate surface area is 90.0 Å². The van der Waals surface area contributed by atoms with Gasteiger partial charge in [0, 0.05) is 6.07 Å². The SMILES string of the molecule is Nc1ccnn1-c1nc2ccccc2s1. The third-order valence-electron chi connectivity index (χ3n) is 2.14. The first-order valence-electron chi connectivity index (χ1n) is 4.50. The van der Waals surface area contributed by atoms with Crippen molar-refractivity contribution in [3.05, 3.63) is 36.5 Å². The van der Waals surface area contributed by atoms with Crippen LogP contribution < -0.4 is 5.73 Å². The minimum atomic E-state index is 0.606. The van der Waals surface area contributed by atoms with Gasteiger partial charge < -0.3 is 5.73 Å². The highest BCUT2D eigenvalue weighted by Gasteiger charge is 2.07. The molecule has 0 spiro atoms. The van der Waals surface area contributed by atoms with Gasteiger partial charge in [-0.3, -0.25) is 0 Å². The number of hydrogen-bond acceptors (Lipinski definition) is 4. The van der Waals surface area contributed by atoms with E-state index in [-0.39, 0.29) is 0 Å². The highest BCUT2D eigenvalue weighted by Crippen LogP contribution is 2.25. The Morgan fingerprint density at radius 3 is 2.80 bits per heavy atom. The zero-order chi connectivity index (χ0) is 10.3. The predicted octanol–water partition coefficient (Wildman–Crippen LogP) is 2.06. The topological polar surface area (TPSA) is 56.7 Å². The zero-order valence-corrected chi connectivity index (χ0v) is 8.61. The van der Waals surface area contributed by atoms with Crippen LogP contribution in [-0.2, 0) is 0 Å². The van der Waals surface area contributed by atoms with Crippen molar-refractivity contribution in [2.45, 2.75) is 0 Å². The van der Waals surface area contributed by atoms with E-state index >= 15 is 0 Å². The van der Waals surface area contributed by atoms with Gasteiger partial charge in [-0.05, 0) is 12.1 Å². The van der Waals surface area contributed by atoms with E-state index in [0.717, 1.165) is 15.3 Å². The molecule has 0 unspecified atom stereocenters. The highest BCUT2D eigenvalue weighted by molar-refractivity contribution is 7.20. The van der Waals surface area contributed by atoms with Crippen LogP contribution in [0.4, 0.5) is 5.82 Å². The third-order valence-corrected chi connectivity index (χ3v) is 3.15. The van der Waals surface area contributed by atoms with E-state index < -0.39 is 0 Å². The van der Waals surface area contributed by atoms with E-state index in [0.29, 0.717) is 5.82 Å². The number of thiazole rings is 1. The lowest BCUT2D eigenvalue weighted by molar-refractivity contribution is 0.883. The van der Waals surface area contributed by atoms with Gasteiger partial charge in [0.25, 0.3) is 0 Å². The van der Waals surface area contributed by atoms with Crippen LogP contribution in [0.3, 0.4) is 0 Å². The highest BCUT2D eigenvalue weighted by atomic mass is 32.1. The summed E-state index contributed by atoms with van der Waals surface area (Å²) < 4.78 is 2.78. The van der Waals surface area contributed by atoms with Gasteiger partial charge in [-0.15, -0.1) is 0 Å². The van der Waals surface area contributed by atoms with Gasteiger partial charge in [0.15, 0.2) is 0 Å². The molecule has 2 heterocycles. The molecule has 0 saturated carbocycles. The van der Waals surface area contributed by atoms with Crippen LogP contribution in [0.25, 0.3) is 15.3 Å². The molecular formula is C10H8N4S. The zero-order valence-electron chi connectivity index (χ0n) is 7.79. The first-order chi connectivity index (χ1) is 7.34. The Hall–Kier alpha value is -1.88. The minimum Gasteiger partial charge on any atom is -0.384 e. The van der Waals surface area contributed by atoms with Crippen LogP contribution in [0.15, 0.2) is 36.5 Å². The van der Waals surface area contributed by atoms with Gasteiger partial charge in [-0.1, -0.05) is 23.5 Å². The molecule has 2 N–H and O–H groups in total. The van der Waals surface area contributed by atoms with Gasteiger partial charge >= 0.3 is 0 Å². The van der Waals surface area contributed by atoms with Crippen LogP contribution in [0.1, 0.15) is 0 Å². The molecule has 1 aromatic carbocycles. The Morgan fingerprint density at radius 1 is 1.20 bits per heavy atom. The van der Waals surface area contributed by atoms with E-state index in [4.69, 9.17) is 5.73 Å². The molecule has 0 radical (unpaired) electrons. The summed E-state index contributed by atoms with van der Waals surface area (Å²) in [6.45, 7) is 0. The molecule has 5 heteroatoms. The van der Waals surface area contributed by atoms with Crippen LogP contribution in [0.5, 0.6) is 0 Å². The molecular weight excluding hydrogens is 208 g/mol. The maximum Gasteiger partial charge on any atom is 0.213 e. The molecule has 0 amide bonds. The second kappa shape index (κ2) is 3.06. The Bertz CT molecular complexity index is 577. The van der Waals surface area contributed by atoms with Crippen LogP contribution >= 0.6 is 11.3 Å². The summed E-state index contributed by atoms with van der Waals surface area (Å²) in [5.74, 6) is 0.606. The maximum absolute atomic E-state index is 5.76. The summed E-state index contributed by atoms with van der Waals surface area (Å²) in [5.41, 5.74) is 6.74. The summed E-state index contributed by atoms with van der Waals surface area (Å²) in [6.07, 6.45) is 1.67. The summed E-state index contributed by atoms with van der Waals surface area (Å²) in [7, 11) is 0. The fraction of sp³-hybridized carbons (Fsp3) is 0. The lowest BCUT2D eigenvalue weighted by Crippen LogP contribution is -2.00. The Kier molecular flexibility index (Phi) is 1.72. The standard InChI is InChI=1S/C10H8N4S/c11-9-5-6-12-14(9)10-13-7-3-1-2-4-8(7)15-10/h1-6H,11H2. The van der Waals surface area contributed by atoms with E-state index in [9.17, 15) is 0 Å². The van der Waals surface area contributed by atoms with E-state index in [2.05, 4.69) is 10.1 Å². The van der Waals surface area contributed by atoms with E-state index in [1.54, 1.807) is 28.3 Å². The molecule has 0 atom stereocenters.